The number of rotatable bonds is 3. The van der Waals surface area contributed by atoms with Crippen molar-refractivity contribution in [1.29, 1.82) is 0 Å². The molecule has 18 heavy (non-hydrogen) atoms. The van der Waals surface area contributed by atoms with Gasteiger partial charge in [0.15, 0.2) is 5.78 Å². The number of Topliss-reactive ketones (excluding diaryl/α,β-unsaturated/α-hetero) is 1. The zero-order valence-electron chi connectivity index (χ0n) is 11.9. The first-order valence-electron chi connectivity index (χ1n) is 6.84. The number of carbonyl (C=O) groups excluding carboxylic acids is 1. The Morgan fingerprint density at radius 3 is 2.33 bits per heavy atom. The summed E-state index contributed by atoms with van der Waals surface area (Å²) in [6.45, 7) is 9.37. The Morgan fingerprint density at radius 2 is 1.83 bits per heavy atom. The van der Waals surface area contributed by atoms with Crippen LogP contribution in [0.4, 0.5) is 0 Å². The number of hydrogen-bond acceptors (Lipinski definition) is 2. The fourth-order valence-electron chi connectivity index (χ4n) is 2.89. The molecule has 1 aromatic carbocycles. The minimum absolute atomic E-state index is 0.302. The van der Waals surface area contributed by atoms with Gasteiger partial charge in [-0.1, -0.05) is 6.07 Å². The second-order valence-electron chi connectivity index (χ2n) is 5.56. The van der Waals surface area contributed by atoms with Crippen molar-refractivity contribution in [2.45, 2.75) is 53.0 Å². The third-order valence-corrected chi connectivity index (χ3v) is 4.24. The predicted octanol–water partition coefficient (Wildman–Crippen LogP) is 3.25. The maximum absolute atomic E-state index is 12.5. The van der Waals surface area contributed by atoms with Gasteiger partial charge in [-0.2, -0.15) is 0 Å². The number of ketones is 1. The first-order chi connectivity index (χ1) is 8.50. The fraction of sp³-hybridized carbons (Fsp3) is 0.562. The molecule has 1 saturated heterocycles. The Bertz CT molecular complexity index is 444. The van der Waals surface area contributed by atoms with E-state index in [1.165, 1.54) is 17.5 Å². The largest absolute Gasteiger partial charge is 0.314 e. The van der Waals surface area contributed by atoms with E-state index in [9.17, 15) is 4.79 Å². The molecular weight excluding hydrogens is 222 g/mol. The van der Waals surface area contributed by atoms with Gasteiger partial charge in [0.05, 0.1) is 0 Å². The van der Waals surface area contributed by atoms with Crippen LogP contribution in [0.5, 0.6) is 0 Å². The van der Waals surface area contributed by atoms with Gasteiger partial charge < -0.3 is 5.32 Å². The quantitative estimate of drug-likeness (QED) is 0.828. The van der Waals surface area contributed by atoms with Crippen molar-refractivity contribution < 1.29 is 4.79 Å². The van der Waals surface area contributed by atoms with E-state index in [-0.39, 0.29) is 0 Å². The van der Waals surface area contributed by atoms with E-state index in [1.807, 2.05) is 0 Å². The van der Waals surface area contributed by atoms with E-state index >= 15 is 0 Å². The Kier molecular flexibility index (Phi) is 3.86. The number of carbonyl (C=O) groups is 1. The SMILES string of the molecule is Cc1cc(C)c(C)c(C(=O)CC2CCCN2)c1C. The molecule has 2 heteroatoms. The number of aryl methyl sites for hydroxylation is 2. The molecule has 0 spiro atoms. The number of hydrogen-bond donors (Lipinski definition) is 1. The predicted molar refractivity (Wildman–Crippen MR) is 75.4 cm³/mol. The Hall–Kier alpha value is -1.15. The standard InChI is InChI=1S/C16H23NO/c1-10-8-11(2)13(4)16(12(10)3)15(18)9-14-6-5-7-17-14/h8,14,17H,5-7,9H2,1-4H3. The van der Waals surface area contributed by atoms with Gasteiger partial charge in [0.25, 0.3) is 0 Å². The summed E-state index contributed by atoms with van der Waals surface area (Å²) >= 11 is 0. The summed E-state index contributed by atoms with van der Waals surface area (Å²) in [6.07, 6.45) is 2.97. The molecule has 0 radical (unpaired) electrons. The van der Waals surface area contributed by atoms with Crippen LogP contribution in [0.15, 0.2) is 6.07 Å². The minimum atomic E-state index is 0.302. The molecule has 1 aliphatic heterocycles. The first kappa shape index (κ1) is 13.3. The van der Waals surface area contributed by atoms with Crippen molar-refractivity contribution >= 4 is 5.78 Å². The van der Waals surface area contributed by atoms with Gasteiger partial charge in [0.2, 0.25) is 0 Å². The minimum Gasteiger partial charge on any atom is -0.314 e. The lowest BCUT2D eigenvalue weighted by Gasteiger charge is -2.16. The zero-order chi connectivity index (χ0) is 13.3. The van der Waals surface area contributed by atoms with E-state index in [0.29, 0.717) is 18.2 Å². The van der Waals surface area contributed by atoms with E-state index in [1.54, 1.807) is 0 Å². The third-order valence-electron chi connectivity index (χ3n) is 4.24. The van der Waals surface area contributed by atoms with Crippen molar-refractivity contribution in [3.05, 3.63) is 33.9 Å². The van der Waals surface area contributed by atoms with E-state index < -0.39 is 0 Å². The normalized spacial score (nSPS) is 19.2. The van der Waals surface area contributed by atoms with Crippen molar-refractivity contribution in [1.82, 2.24) is 5.32 Å². The lowest BCUT2D eigenvalue weighted by atomic mass is 9.89. The highest BCUT2D eigenvalue weighted by atomic mass is 16.1. The van der Waals surface area contributed by atoms with Crippen molar-refractivity contribution in [2.75, 3.05) is 6.54 Å². The lowest BCUT2D eigenvalue weighted by Crippen LogP contribution is -2.25. The monoisotopic (exact) mass is 245 g/mol. The topological polar surface area (TPSA) is 29.1 Å². The highest BCUT2D eigenvalue weighted by Gasteiger charge is 2.21. The van der Waals surface area contributed by atoms with Crippen LogP contribution in [0.2, 0.25) is 0 Å². The third kappa shape index (κ3) is 2.49. The first-order valence-corrected chi connectivity index (χ1v) is 6.84. The Morgan fingerprint density at radius 1 is 1.22 bits per heavy atom. The van der Waals surface area contributed by atoms with Gasteiger partial charge in [0.1, 0.15) is 0 Å². The Balaban J connectivity index is 2.29. The smallest absolute Gasteiger partial charge is 0.164 e. The van der Waals surface area contributed by atoms with Gasteiger partial charge >= 0.3 is 0 Å². The van der Waals surface area contributed by atoms with Crippen LogP contribution in [0.1, 0.15) is 51.9 Å². The van der Waals surface area contributed by atoms with Crippen LogP contribution in [-0.4, -0.2) is 18.4 Å². The Labute approximate surface area is 110 Å². The molecule has 0 aliphatic carbocycles. The zero-order valence-corrected chi connectivity index (χ0v) is 11.9. The van der Waals surface area contributed by atoms with Crippen molar-refractivity contribution in [3.8, 4) is 0 Å². The van der Waals surface area contributed by atoms with Crippen LogP contribution in [0, 0.1) is 27.7 Å². The van der Waals surface area contributed by atoms with Crippen molar-refractivity contribution in [2.24, 2.45) is 0 Å². The highest BCUT2D eigenvalue weighted by Crippen LogP contribution is 2.24. The second kappa shape index (κ2) is 5.23. The van der Waals surface area contributed by atoms with E-state index in [4.69, 9.17) is 0 Å². The molecule has 98 valence electrons. The van der Waals surface area contributed by atoms with Gasteiger partial charge in [-0.3, -0.25) is 4.79 Å². The number of benzene rings is 1. The molecule has 0 saturated carbocycles. The van der Waals surface area contributed by atoms with Gasteiger partial charge in [-0.25, -0.2) is 0 Å². The molecule has 1 fully saturated rings. The molecule has 1 aliphatic rings. The number of nitrogens with one attached hydrogen (secondary N) is 1. The van der Waals surface area contributed by atoms with Gasteiger partial charge in [-0.05, 0) is 69.3 Å². The van der Waals surface area contributed by atoms with E-state index in [2.05, 4.69) is 39.1 Å². The maximum Gasteiger partial charge on any atom is 0.164 e. The molecule has 0 amide bonds. The fourth-order valence-corrected chi connectivity index (χ4v) is 2.89. The molecule has 0 aromatic heterocycles. The summed E-state index contributed by atoms with van der Waals surface area (Å²) in [5.41, 5.74) is 5.71. The lowest BCUT2D eigenvalue weighted by molar-refractivity contribution is 0.0970. The van der Waals surface area contributed by atoms with Crippen LogP contribution in [0.3, 0.4) is 0 Å². The molecule has 1 unspecified atom stereocenters. The van der Waals surface area contributed by atoms with Crippen molar-refractivity contribution in [3.63, 3.8) is 0 Å². The van der Waals surface area contributed by atoms with Crippen LogP contribution >= 0.6 is 0 Å². The van der Waals surface area contributed by atoms with Crippen LogP contribution < -0.4 is 5.32 Å². The second-order valence-corrected chi connectivity index (χ2v) is 5.56. The molecular formula is C16H23NO. The van der Waals surface area contributed by atoms with Crippen LogP contribution in [0.25, 0.3) is 0 Å². The summed E-state index contributed by atoms with van der Waals surface area (Å²) in [5, 5.41) is 3.40. The molecule has 0 bridgehead atoms. The summed E-state index contributed by atoms with van der Waals surface area (Å²) in [7, 11) is 0. The summed E-state index contributed by atoms with van der Waals surface area (Å²) in [5.74, 6) is 0.302. The molecule has 2 rings (SSSR count). The van der Waals surface area contributed by atoms with Gasteiger partial charge in [0, 0.05) is 18.0 Å². The average molecular weight is 245 g/mol. The van der Waals surface area contributed by atoms with Crippen LogP contribution in [-0.2, 0) is 0 Å². The highest BCUT2D eigenvalue weighted by molar-refractivity contribution is 5.99. The summed E-state index contributed by atoms with van der Waals surface area (Å²) < 4.78 is 0. The molecule has 1 aromatic rings. The summed E-state index contributed by atoms with van der Waals surface area (Å²) in [4.78, 5) is 12.5. The molecule has 1 atom stereocenters. The van der Waals surface area contributed by atoms with E-state index in [0.717, 1.165) is 29.7 Å². The molecule has 1 heterocycles. The van der Waals surface area contributed by atoms with Gasteiger partial charge in [-0.15, -0.1) is 0 Å². The average Bonchev–Trinajstić information content (AvgIpc) is 2.79. The molecule has 2 nitrogen and oxygen atoms in total. The maximum atomic E-state index is 12.5. The summed E-state index contributed by atoms with van der Waals surface area (Å²) in [6, 6.07) is 2.56. The molecule has 1 N–H and O–H groups in total.